The Morgan fingerprint density at radius 1 is 1.47 bits per heavy atom. The second kappa shape index (κ2) is 5.07. The van der Waals surface area contributed by atoms with Gasteiger partial charge in [0.05, 0.1) is 27.6 Å². The topological polar surface area (TPSA) is 63.2 Å². The van der Waals surface area contributed by atoms with Crippen molar-refractivity contribution in [3.63, 3.8) is 0 Å². The van der Waals surface area contributed by atoms with Crippen molar-refractivity contribution in [2.75, 3.05) is 11.5 Å². The Morgan fingerprint density at radius 3 is 2.68 bits per heavy atom. The Bertz CT molecular complexity index is 632. The van der Waals surface area contributed by atoms with Gasteiger partial charge >= 0.3 is 0 Å². The maximum absolute atomic E-state index is 12.1. The van der Waals surface area contributed by atoms with Crippen molar-refractivity contribution < 1.29 is 13.2 Å². The van der Waals surface area contributed by atoms with E-state index in [9.17, 15) is 13.2 Å². The quantitative estimate of drug-likeness (QED) is 0.874. The van der Waals surface area contributed by atoms with Gasteiger partial charge in [-0.3, -0.25) is 4.79 Å². The Morgan fingerprint density at radius 2 is 2.16 bits per heavy atom. The summed E-state index contributed by atoms with van der Waals surface area (Å²) in [5, 5.41) is 3.10. The maximum Gasteiger partial charge on any atom is 0.253 e. The molecule has 1 aromatic rings. The molecule has 1 amide bonds. The molecule has 1 atom stereocenters. The van der Waals surface area contributed by atoms with Crippen molar-refractivity contribution in [3.8, 4) is 0 Å². The number of halogens is 2. The van der Waals surface area contributed by atoms with Crippen molar-refractivity contribution in [1.82, 2.24) is 5.32 Å². The van der Waals surface area contributed by atoms with E-state index in [2.05, 4.69) is 21.2 Å². The van der Waals surface area contributed by atoms with E-state index in [1.807, 2.05) is 0 Å². The molecular weight excluding hydrogens is 354 g/mol. The van der Waals surface area contributed by atoms with Crippen LogP contribution in [-0.2, 0) is 9.84 Å². The molecule has 0 saturated carbocycles. The number of hydrogen-bond donors (Lipinski definition) is 1. The second-order valence-electron chi connectivity index (χ2n) is 4.98. The number of carbonyl (C=O) groups is 1. The molecule has 0 bridgehead atoms. The summed E-state index contributed by atoms with van der Waals surface area (Å²) in [4.78, 5) is 12.1. The fourth-order valence-corrected chi connectivity index (χ4v) is 4.98. The van der Waals surface area contributed by atoms with Crippen LogP contribution in [0, 0.1) is 0 Å². The SMILES string of the molecule is CC1(NC(=O)c2ccc(Br)cc2Cl)CCS(=O)(=O)C1. The van der Waals surface area contributed by atoms with Crippen LogP contribution in [0.2, 0.25) is 5.02 Å². The van der Waals surface area contributed by atoms with Crippen molar-refractivity contribution >= 4 is 43.3 Å². The Hall–Kier alpha value is -0.590. The van der Waals surface area contributed by atoms with Gasteiger partial charge in [-0.2, -0.15) is 0 Å². The van der Waals surface area contributed by atoms with Crippen LogP contribution in [0.15, 0.2) is 22.7 Å². The Kier molecular flexibility index (Phi) is 3.95. The first-order valence-corrected chi connectivity index (χ1v) is 8.68. The summed E-state index contributed by atoms with van der Waals surface area (Å²) in [6.45, 7) is 1.74. The monoisotopic (exact) mass is 365 g/mol. The molecule has 1 saturated heterocycles. The molecule has 1 aromatic carbocycles. The van der Waals surface area contributed by atoms with Crippen LogP contribution in [0.4, 0.5) is 0 Å². The first-order valence-electron chi connectivity index (χ1n) is 5.69. The highest BCUT2D eigenvalue weighted by Crippen LogP contribution is 2.25. The van der Waals surface area contributed by atoms with Crippen molar-refractivity contribution in [2.45, 2.75) is 18.9 Å². The fraction of sp³-hybridized carbons (Fsp3) is 0.417. The van der Waals surface area contributed by atoms with Crippen LogP contribution in [-0.4, -0.2) is 31.4 Å². The average molecular weight is 367 g/mol. The first-order chi connectivity index (χ1) is 8.71. The van der Waals surface area contributed by atoms with Gasteiger partial charge in [0.15, 0.2) is 9.84 Å². The standard InChI is InChI=1S/C12H13BrClNO3S/c1-12(4-5-19(17,18)7-12)15-11(16)9-3-2-8(13)6-10(9)14/h2-3,6H,4-5,7H2,1H3,(H,15,16). The maximum atomic E-state index is 12.1. The van der Waals surface area contributed by atoms with Crippen molar-refractivity contribution in [1.29, 1.82) is 0 Å². The molecule has 0 spiro atoms. The van der Waals surface area contributed by atoms with Gasteiger partial charge in [-0.15, -0.1) is 0 Å². The Balaban J connectivity index is 2.18. The third-order valence-corrected chi connectivity index (χ3v) is 5.80. The van der Waals surface area contributed by atoms with E-state index < -0.39 is 15.4 Å². The lowest BCUT2D eigenvalue weighted by Crippen LogP contribution is -2.47. The van der Waals surface area contributed by atoms with Crippen LogP contribution < -0.4 is 5.32 Å². The summed E-state index contributed by atoms with van der Waals surface area (Å²) < 4.78 is 23.8. The average Bonchev–Trinajstić information content (AvgIpc) is 2.52. The van der Waals surface area contributed by atoms with E-state index in [4.69, 9.17) is 11.6 Å². The van der Waals surface area contributed by atoms with E-state index in [-0.39, 0.29) is 17.4 Å². The molecule has 1 heterocycles. The van der Waals surface area contributed by atoms with Gasteiger partial charge in [-0.05, 0) is 31.5 Å². The summed E-state index contributed by atoms with van der Waals surface area (Å²) in [5.41, 5.74) is -0.373. The predicted molar refractivity (Wildman–Crippen MR) is 78.3 cm³/mol. The zero-order valence-corrected chi connectivity index (χ0v) is 13.4. The molecule has 1 aliphatic heterocycles. The lowest BCUT2D eigenvalue weighted by Gasteiger charge is -2.24. The van der Waals surface area contributed by atoms with E-state index in [0.717, 1.165) is 4.47 Å². The molecule has 1 unspecified atom stereocenters. The van der Waals surface area contributed by atoms with Crippen LogP contribution in [0.1, 0.15) is 23.7 Å². The zero-order valence-electron chi connectivity index (χ0n) is 10.2. The fourth-order valence-electron chi connectivity index (χ4n) is 2.12. The number of sulfone groups is 1. The highest BCUT2D eigenvalue weighted by atomic mass is 79.9. The van der Waals surface area contributed by atoms with Gasteiger partial charge in [-0.1, -0.05) is 27.5 Å². The van der Waals surface area contributed by atoms with Gasteiger partial charge < -0.3 is 5.32 Å². The molecule has 19 heavy (non-hydrogen) atoms. The number of nitrogens with one attached hydrogen (secondary N) is 1. The van der Waals surface area contributed by atoms with Gasteiger partial charge in [0, 0.05) is 4.47 Å². The molecular formula is C12H13BrClNO3S. The van der Waals surface area contributed by atoms with Gasteiger partial charge in [0.1, 0.15) is 0 Å². The molecule has 4 nitrogen and oxygen atoms in total. The van der Waals surface area contributed by atoms with Gasteiger partial charge in [0.2, 0.25) is 0 Å². The normalized spacial score (nSPS) is 25.2. The number of hydrogen-bond acceptors (Lipinski definition) is 3. The lowest BCUT2D eigenvalue weighted by atomic mass is 10.0. The summed E-state index contributed by atoms with van der Waals surface area (Å²) in [5.74, 6) is -0.269. The number of rotatable bonds is 2. The predicted octanol–water partition coefficient (Wildman–Crippen LogP) is 2.41. The molecule has 7 heteroatoms. The third kappa shape index (κ3) is 3.49. The van der Waals surface area contributed by atoms with Gasteiger partial charge in [0.25, 0.3) is 5.91 Å². The van der Waals surface area contributed by atoms with E-state index in [1.165, 1.54) is 0 Å². The summed E-state index contributed by atoms with van der Waals surface area (Å²) in [7, 11) is -3.05. The van der Waals surface area contributed by atoms with Crippen molar-refractivity contribution in [3.05, 3.63) is 33.3 Å². The molecule has 2 rings (SSSR count). The number of benzene rings is 1. The van der Waals surface area contributed by atoms with Crippen LogP contribution in [0.3, 0.4) is 0 Å². The summed E-state index contributed by atoms with van der Waals surface area (Å²) in [6.07, 6.45) is 0.426. The minimum atomic E-state index is -3.05. The largest absolute Gasteiger partial charge is 0.346 e. The molecule has 1 aliphatic rings. The minimum Gasteiger partial charge on any atom is -0.346 e. The molecule has 1 N–H and O–H groups in total. The van der Waals surface area contributed by atoms with Crippen molar-refractivity contribution in [2.24, 2.45) is 0 Å². The molecule has 104 valence electrons. The summed E-state index contributed by atoms with van der Waals surface area (Å²) in [6, 6.07) is 4.95. The third-order valence-electron chi connectivity index (χ3n) is 3.09. The Labute approximate surface area is 125 Å². The second-order valence-corrected chi connectivity index (χ2v) is 8.49. The van der Waals surface area contributed by atoms with E-state index in [0.29, 0.717) is 17.0 Å². The highest BCUT2D eigenvalue weighted by molar-refractivity contribution is 9.10. The molecule has 0 aromatic heterocycles. The molecule has 1 fully saturated rings. The smallest absolute Gasteiger partial charge is 0.253 e. The zero-order chi connectivity index (χ0) is 14.3. The molecule has 0 radical (unpaired) electrons. The molecule has 0 aliphatic carbocycles. The minimum absolute atomic E-state index is 0.0279. The van der Waals surface area contributed by atoms with E-state index in [1.54, 1.807) is 25.1 Å². The van der Waals surface area contributed by atoms with Crippen LogP contribution in [0.5, 0.6) is 0 Å². The van der Waals surface area contributed by atoms with E-state index >= 15 is 0 Å². The van der Waals surface area contributed by atoms with Crippen LogP contribution in [0.25, 0.3) is 0 Å². The van der Waals surface area contributed by atoms with Gasteiger partial charge in [-0.25, -0.2) is 8.42 Å². The first kappa shape index (κ1) is 14.8. The number of carbonyl (C=O) groups excluding carboxylic acids is 1. The number of amides is 1. The van der Waals surface area contributed by atoms with Crippen LogP contribution >= 0.6 is 27.5 Å². The summed E-state index contributed by atoms with van der Waals surface area (Å²) >= 11 is 9.27. The highest BCUT2D eigenvalue weighted by Gasteiger charge is 2.39. The lowest BCUT2D eigenvalue weighted by molar-refractivity contribution is 0.0915.